The fraction of sp³-hybridized carbons (Fsp3) is 0.208. The molecule has 4 aromatic rings. The van der Waals surface area contributed by atoms with E-state index in [0.717, 1.165) is 18.4 Å². The number of nitrogens with zero attached hydrogens (tertiary/aromatic N) is 4. The number of carbonyl (C=O) groups is 1. The highest BCUT2D eigenvalue weighted by Gasteiger charge is 2.26. The van der Waals surface area contributed by atoms with Crippen LogP contribution in [0.2, 0.25) is 5.15 Å². The zero-order valence-electron chi connectivity index (χ0n) is 19.0. The number of fused-ring (bicyclic) bond motifs is 1. The summed E-state index contributed by atoms with van der Waals surface area (Å²) in [6.45, 7) is 3.72. The Balaban J connectivity index is 1.84. The first-order valence-corrected chi connectivity index (χ1v) is 12.8. The fourth-order valence-corrected chi connectivity index (χ4v) is 4.64. The Kier molecular flexibility index (Phi) is 6.61. The van der Waals surface area contributed by atoms with Crippen LogP contribution in [0.15, 0.2) is 59.8 Å². The molecule has 35 heavy (non-hydrogen) atoms. The van der Waals surface area contributed by atoms with E-state index in [0.29, 0.717) is 16.5 Å². The molecule has 0 spiro atoms. The number of benzene rings is 2. The first kappa shape index (κ1) is 24.7. The van der Waals surface area contributed by atoms with Gasteiger partial charge in [-0.15, -0.1) is 0 Å². The average Bonchev–Trinajstić information content (AvgIpc) is 3.28. The van der Waals surface area contributed by atoms with Crippen LogP contribution in [0.4, 0.5) is 14.5 Å². The molecule has 7 nitrogen and oxygen atoms in total. The second kappa shape index (κ2) is 9.35. The lowest BCUT2D eigenvalue weighted by molar-refractivity contribution is 0.0984. The van der Waals surface area contributed by atoms with Crippen LogP contribution in [0.5, 0.6) is 0 Å². The van der Waals surface area contributed by atoms with Crippen LogP contribution in [0.3, 0.4) is 0 Å². The number of hydrogen-bond acceptors (Lipinski definition) is 5. The Morgan fingerprint density at radius 2 is 1.89 bits per heavy atom. The summed E-state index contributed by atoms with van der Waals surface area (Å²) in [5.41, 5.74) is 1.21. The summed E-state index contributed by atoms with van der Waals surface area (Å²) < 4.78 is 54.3. The number of halogens is 3. The van der Waals surface area contributed by atoms with Crippen LogP contribution in [-0.2, 0) is 16.4 Å². The first-order chi connectivity index (χ1) is 16.4. The van der Waals surface area contributed by atoms with Gasteiger partial charge in [0.25, 0.3) is 5.91 Å². The Labute approximate surface area is 205 Å². The van der Waals surface area contributed by atoms with Crippen LogP contribution in [-0.4, -0.2) is 35.3 Å². The standard InChI is InChI=1S/C24H21ClF2N4O3S/c1-14(2)31-13-17(11-28-31)24(32)30(21-7-6-18(26)10-22(21)35(3,33)34)12-15-4-5-16-9-19(27)23(25)29-20(16)8-15/h4-11,13-14H,12H2,1-3H3. The van der Waals surface area contributed by atoms with E-state index in [1.807, 2.05) is 13.8 Å². The highest BCUT2D eigenvalue weighted by atomic mass is 35.5. The summed E-state index contributed by atoms with van der Waals surface area (Å²) in [5.74, 6) is -1.94. The van der Waals surface area contributed by atoms with Gasteiger partial charge in [0, 0.05) is 23.9 Å². The van der Waals surface area contributed by atoms with Crippen molar-refractivity contribution < 1.29 is 22.0 Å². The molecule has 11 heteroatoms. The molecule has 0 saturated carbocycles. The Hall–Kier alpha value is -3.37. The maximum Gasteiger partial charge on any atom is 0.261 e. The summed E-state index contributed by atoms with van der Waals surface area (Å²) >= 11 is 5.82. The number of hydrogen-bond donors (Lipinski definition) is 0. The van der Waals surface area contributed by atoms with Gasteiger partial charge in [-0.2, -0.15) is 5.10 Å². The molecule has 2 heterocycles. The number of carbonyl (C=O) groups excluding carboxylic acids is 1. The van der Waals surface area contributed by atoms with Gasteiger partial charge < -0.3 is 4.90 Å². The van der Waals surface area contributed by atoms with Crippen molar-refractivity contribution in [1.82, 2.24) is 14.8 Å². The lowest BCUT2D eigenvalue weighted by Crippen LogP contribution is -2.31. The van der Waals surface area contributed by atoms with E-state index >= 15 is 0 Å². The van der Waals surface area contributed by atoms with E-state index in [1.165, 1.54) is 23.2 Å². The molecule has 1 amide bonds. The second-order valence-electron chi connectivity index (χ2n) is 8.37. The monoisotopic (exact) mass is 518 g/mol. The molecule has 0 N–H and O–H groups in total. The molecular weight excluding hydrogens is 498 g/mol. The summed E-state index contributed by atoms with van der Waals surface area (Å²) in [4.78, 5) is 18.6. The molecule has 0 atom stereocenters. The molecule has 0 aliphatic rings. The van der Waals surface area contributed by atoms with Crippen LogP contribution in [0.1, 0.15) is 35.8 Å². The minimum Gasteiger partial charge on any atom is -0.303 e. The summed E-state index contributed by atoms with van der Waals surface area (Å²) in [6, 6.07) is 9.39. The molecule has 2 aromatic carbocycles. The van der Waals surface area contributed by atoms with Crippen molar-refractivity contribution in [2.75, 3.05) is 11.2 Å². The molecule has 0 fully saturated rings. The number of pyridine rings is 1. The first-order valence-electron chi connectivity index (χ1n) is 10.5. The Bertz CT molecular complexity index is 1550. The van der Waals surface area contributed by atoms with Crippen molar-refractivity contribution in [3.63, 3.8) is 0 Å². The number of amides is 1. The largest absolute Gasteiger partial charge is 0.303 e. The van der Waals surface area contributed by atoms with Gasteiger partial charge in [0.1, 0.15) is 5.82 Å². The molecule has 0 aliphatic carbocycles. The fourth-order valence-electron chi connectivity index (χ4n) is 3.61. The van der Waals surface area contributed by atoms with Crippen LogP contribution in [0.25, 0.3) is 10.9 Å². The number of anilines is 1. The van der Waals surface area contributed by atoms with Crippen LogP contribution >= 0.6 is 11.6 Å². The SMILES string of the molecule is CC(C)n1cc(C(=O)N(Cc2ccc3cc(F)c(Cl)nc3c2)c2ccc(F)cc2S(C)(=O)=O)cn1. The van der Waals surface area contributed by atoms with E-state index < -0.39 is 27.4 Å². The predicted molar refractivity (Wildman–Crippen MR) is 129 cm³/mol. The summed E-state index contributed by atoms with van der Waals surface area (Å²) in [6.07, 6.45) is 3.90. The maximum atomic E-state index is 14.0. The van der Waals surface area contributed by atoms with Gasteiger partial charge in [-0.3, -0.25) is 9.48 Å². The molecule has 0 unspecified atom stereocenters. The zero-order valence-corrected chi connectivity index (χ0v) is 20.6. The third kappa shape index (κ3) is 5.18. The van der Waals surface area contributed by atoms with Crippen molar-refractivity contribution in [2.24, 2.45) is 0 Å². The van der Waals surface area contributed by atoms with Crippen LogP contribution < -0.4 is 4.90 Å². The lowest BCUT2D eigenvalue weighted by Gasteiger charge is -2.25. The Morgan fingerprint density at radius 1 is 1.14 bits per heavy atom. The van der Waals surface area contributed by atoms with Crippen molar-refractivity contribution >= 4 is 43.9 Å². The topological polar surface area (TPSA) is 85.2 Å². The Morgan fingerprint density at radius 3 is 2.54 bits per heavy atom. The molecule has 0 bridgehead atoms. The van der Waals surface area contributed by atoms with Crippen molar-refractivity contribution in [1.29, 1.82) is 0 Å². The van der Waals surface area contributed by atoms with E-state index in [9.17, 15) is 22.0 Å². The van der Waals surface area contributed by atoms with Gasteiger partial charge in [-0.25, -0.2) is 22.2 Å². The smallest absolute Gasteiger partial charge is 0.261 e. The van der Waals surface area contributed by atoms with E-state index in [-0.39, 0.29) is 33.9 Å². The lowest BCUT2D eigenvalue weighted by atomic mass is 10.1. The predicted octanol–water partition coefficient (Wildman–Crippen LogP) is 5.19. The molecule has 0 radical (unpaired) electrons. The average molecular weight is 519 g/mol. The van der Waals surface area contributed by atoms with Gasteiger partial charge in [0.15, 0.2) is 20.8 Å². The number of rotatable bonds is 6. The van der Waals surface area contributed by atoms with Crippen molar-refractivity contribution in [3.8, 4) is 0 Å². The summed E-state index contributed by atoms with van der Waals surface area (Å²) in [7, 11) is -3.89. The van der Waals surface area contributed by atoms with Gasteiger partial charge in [-0.1, -0.05) is 23.7 Å². The van der Waals surface area contributed by atoms with Gasteiger partial charge in [-0.05, 0) is 49.7 Å². The number of aromatic nitrogens is 3. The molecule has 4 rings (SSSR count). The highest BCUT2D eigenvalue weighted by molar-refractivity contribution is 7.90. The minimum absolute atomic E-state index is 0.000826. The molecule has 0 aliphatic heterocycles. The quantitative estimate of drug-likeness (QED) is 0.328. The second-order valence-corrected chi connectivity index (χ2v) is 10.7. The third-order valence-corrected chi connectivity index (χ3v) is 6.76. The third-order valence-electron chi connectivity index (χ3n) is 5.37. The van der Waals surface area contributed by atoms with Crippen molar-refractivity contribution in [3.05, 3.63) is 82.8 Å². The highest BCUT2D eigenvalue weighted by Crippen LogP contribution is 2.30. The number of sulfone groups is 1. The van der Waals surface area contributed by atoms with Crippen LogP contribution in [0, 0.1) is 11.6 Å². The zero-order chi connectivity index (χ0) is 25.5. The molecule has 182 valence electrons. The minimum atomic E-state index is -3.89. The maximum absolute atomic E-state index is 14.0. The molecule has 0 saturated heterocycles. The van der Waals surface area contributed by atoms with E-state index in [2.05, 4.69) is 10.1 Å². The summed E-state index contributed by atoms with van der Waals surface area (Å²) in [5, 5.41) is 4.41. The molecule has 2 aromatic heterocycles. The van der Waals surface area contributed by atoms with Crippen molar-refractivity contribution in [2.45, 2.75) is 31.3 Å². The normalized spacial score (nSPS) is 11.9. The van der Waals surface area contributed by atoms with E-state index in [4.69, 9.17) is 11.6 Å². The van der Waals surface area contributed by atoms with E-state index in [1.54, 1.807) is 29.1 Å². The van der Waals surface area contributed by atoms with Gasteiger partial charge >= 0.3 is 0 Å². The van der Waals surface area contributed by atoms with Gasteiger partial charge in [0.05, 0.1) is 34.4 Å². The molecular formula is C24H21ClF2N4O3S. The van der Waals surface area contributed by atoms with Gasteiger partial charge in [0.2, 0.25) is 0 Å².